The Hall–Kier alpha value is -1.45. The van der Waals surface area contributed by atoms with Crippen LogP contribution in [0.3, 0.4) is 0 Å². The lowest BCUT2D eigenvalue weighted by atomic mass is 10.1. The summed E-state index contributed by atoms with van der Waals surface area (Å²) in [5.41, 5.74) is 0.0181. The molecule has 0 aromatic carbocycles. The molecule has 1 aromatic heterocycles. The van der Waals surface area contributed by atoms with Crippen LogP contribution in [-0.4, -0.2) is 24.6 Å². The second-order valence-corrected chi connectivity index (χ2v) is 5.36. The van der Waals surface area contributed by atoms with Gasteiger partial charge in [-0.05, 0) is 39.3 Å². The predicted molar refractivity (Wildman–Crippen MR) is 75.9 cm³/mol. The highest BCUT2D eigenvalue weighted by Crippen LogP contribution is 2.00. The minimum absolute atomic E-state index is 0.0181. The van der Waals surface area contributed by atoms with Crippen molar-refractivity contribution >= 4 is 5.96 Å². The molecule has 0 radical (unpaired) electrons. The Labute approximate surface area is 110 Å². The van der Waals surface area contributed by atoms with Gasteiger partial charge in [-0.3, -0.25) is 4.99 Å². The van der Waals surface area contributed by atoms with Gasteiger partial charge >= 0.3 is 0 Å². The summed E-state index contributed by atoms with van der Waals surface area (Å²) in [5.74, 6) is 1.86. The van der Waals surface area contributed by atoms with Gasteiger partial charge in [-0.2, -0.15) is 0 Å². The van der Waals surface area contributed by atoms with Gasteiger partial charge in [0, 0.05) is 25.0 Å². The van der Waals surface area contributed by atoms with Crippen molar-refractivity contribution in [2.24, 2.45) is 4.99 Å². The van der Waals surface area contributed by atoms with Gasteiger partial charge in [-0.1, -0.05) is 6.92 Å². The molecule has 0 saturated carbocycles. The van der Waals surface area contributed by atoms with Crippen molar-refractivity contribution in [2.75, 3.05) is 13.1 Å². The molecular formula is C14H25N3O. The van der Waals surface area contributed by atoms with Gasteiger partial charge in [-0.15, -0.1) is 0 Å². The zero-order valence-electron chi connectivity index (χ0n) is 11.9. The average molecular weight is 251 g/mol. The van der Waals surface area contributed by atoms with E-state index in [0.717, 1.165) is 37.7 Å². The molecule has 0 fully saturated rings. The average Bonchev–Trinajstić information content (AvgIpc) is 2.76. The van der Waals surface area contributed by atoms with Crippen LogP contribution < -0.4 is 10.6 Å². The quantitative estimate of drug-likeness (QED) is 0.624. The maximum Gasteiger partial charge on any atom is 0.191 e. The van der Waals surface area contributed by atoms with Crippen LogP contribution in [0.4, 0.5) is 0 Å². The number of hydrogen-bond donors (Lipinski definition) is 2. The molecule has 0 saturated heterocycles. The molecule has 2 N–H and O–H groups in total. The van der Waals surface area contributed by atoms with Gasteiger partial charge in [0.05, 0.1) is 6.26 Å². The Morgan fingerprint density at radius 2 is 2.17 bits per heavy atom. The lowest BCUT2D eigenvalue weighted by Crippen LogP contribution is -2.48. The van der Waals surface area contributed by atoms with E-state index < -0.39 is 0 Å². The Morgan fingerprint density at radius 1 is 1.39 bits per heavy atom. The number of rotatable bonds is 5. The Morgan fingerprint density at radius 3 is 2.72 bits per heavy atom. The van der Waals surface area contributed by atoms with Crippen molar-refractivity contribution < 1.29 is 4.42 Å². The molecule has 4 nitrogen and oxygen atoms in total. The number of guanidine groups is 1. The fourth-order valence-electron chi connectivity index (χ4n) is 1.48. The molecule has 1 rings (SSSR count). The summed E-state index contributed by atoms with van der Waals surface area (Å²) in [4.78, 5) is 4.51. The van der Waals surface area contributed by atoms with E-state index in [2.05, 4.69) is 43.3 Å². The molecule has 1 aromatic rings. The van der Waals surface area contributed by atoms with E-state index >= 15 is 0 Å². The first-order valence-corrected chi connectivity index (χ1v) is 6.60. The number of aliphatic imine (C=N–C) groups is 1. The number of hydrogen-bond acceptors (Lipinski definition) is 2. The highest BCUT2D eigenvalue weighted by molar-refractivity contribution is 5.80. The van der Waals surface area contributed by atoms with E-state index in [1.54, 1.807) is 6.26 Å². The van der Waals surface area contributed by atoms with Crippen LogP contribution in [0.15, 0.2) is 27.8 Å². The zero-order valence-corrected chi connectivity index (χ0v) is 11.9. The van der Waals surface area contributed by atoms with Crippen molar-refractivity contribution in [1.29, 1.82) is 0 Å². The van der Waals surface area contributed by atoms with Gasteiger partial charge in [0.15, 0.2) is 5.96 Å². The van der Waals surface area contributed by atoms with Gasteiger partial charge in [-0.25, -0.2) is 0 Å². The number of nitrogens with one attached hydrogen (secondary N) is 2. The number of furan rings is 1. The van der Waals surface area contributed by atoms with E-state index in [9.17, 15) is 0 Å². The molecule has 4 heteroatoms. The van der Waals surface area contributed by atoms with Crippen LogP contribution in [0.5, 0.6) is 0 Å². The molecule has 1 heterocycles. The van der Waals surface area contributed by atoms with Crippen LogP contribution in [0.25, 0.3) is 0 Å². The smallest absolute Gasteiger partial charge is 0.191 e. The molecule has 0 spiro atoms. The van der Waals surface area contributed by atoms with Crippen molar-refractivity contribution in [3.8, 4) is 0 Å². The molecule has 0 aliphatic carbocycles. The van der Waals surface area contributed by atoms with Crippen LogP contribution in [-0.2, 0) is 6.42 Å². The van der Waals surface area contributed by atoms with Crippen LogP contribution in [0.1, 0.15) is 39.9 Å². The van der Waals surface area contributed by atoms with E-state index in [4.69, 9.17) is 4.42 Å². The molecule has 0 unspecified atom stereocenters. The summed E-state index contributed by atoms with van der Waals surface area (Å²) in [7, 11) is 0. The standard InChI is InChI=1S/C14H25N3O/c1-5-9-15-13(17-14(2,3)4)16-10-8-12-7-6-11-18-12/h6-7,11H,5,8-10H2,1-4H3,(H2,15,16,17). The summed E-state index contributed by atoms with van der Waals surface area (Å²) < 4.78 is 5.30. The Bertz CT molecular complexity index is 350. The van der Waals surface area contributed by atoms with Gasteiger partial charge in [0.1, 0.15) is 5.76 Å². The summed E-state index contributed by atoms with van der Waals surface area (Å²) >= 11 is 0. The third-order valence-electron chi connectivity index (χ3n) is 2.23. The number of nitrogens with zero attached hydrogens (tertiary/aromatic N) is 1. The minimum Gasteiger partial charge on any atom is -0.469 e. The fraction of sp³-hybridized carbons (Fsp3) is 0.643. The highest BCUT2D eigenvalue weighted by atomic mass is 16.3. The first kappa shape index (κ1) is 14.6. The second kappa shape index (κ2) is 7.09. The zero-order chi connectivity index (χ0) is 13.4. The van der Waals surface area contributed by atoms with Crippen molar-refractivity contribution in [2.45, 2.75) is 46.1 Å². The van der Waals surface area contributed by atoms with Gasteiger partial charge in [0.25, 0.3) is 0 Å². The van der Waals surface area contributed by atoms with E-state index in [-0.39, 0.29) is 5.54 Å². The van der Waals surface area contributed by atoms with Gasteiger partial charge < -0.3 is 15.1 Å². The third-order valence-corrected chi connectivity index (χ3v) is 2.23. The summed E-state index contributed by atoms with van der Waals surface area (Å²) in [6.45, 7) is 10.2. The monoisotopic (exact) mass is 251 g/mol. The molecule has 102 valence electrons. The van der Waals surface area contributed by atoms with E-state index in [0.29, 0.717) is 0 Å². The van der Waals surface area contributed by atoms with Crippen LogP contribution in [0, 0.1) is 0 Å². The molecule has 0 aliphatic rings. The van der Waals surface area contributed by atoms with Crippen molar-refractivity contribution in [3.63, 3.8) is 0 Å². The molecular weight excluding hydrogens is 226 g/mol. The lowest BCUT2D eigenvalue weighted by molar-refractivity contribution is 0.492. The topological polar surface area (TPSA) is 49.6 Å². The Kier molecular flexibility index (Phi) is 5.75. The highest BCUT2D eigenvalue weighted by Gasteiger charge is 2.11. The van der Waals surface area contributed by atoms with Crippen LogP contribution >= 0.6 is 0 Å². The summed E-state index contributed by atoms with van der Waals surface area (Å²) in [6.07, 6.45) is 3.62. The molecule has 0 aliphatic heterocycles. The molecule has 0 amide bonds. The molecule has 0 atom stereocenters. The van der Waals surface area contributed by atoms with E-state index in [1.807, 2.05) is 12.1 Å². The Balaban J connectivity index is 2.41. The summed E-state index contributed by atoms with van der Waals surface area (Å²) in [5, 5.41) is 6.71. The first-order valence-electron chi connectivity index (χ1n) is 6.60. The van der Waals surface area contributed by atoms with Crippen molar-refractivity contribution in [3.05, 3.63) is 24.2 Å². The van der Waals surface area contributed by atoms with Crippen molar-refractivity contribution in [1.82, 2.24) is 10.6 Å². The fourth-order valence-corrected chi connectivity index (χ4v) is 1.48. The molecule has 0 bridgehead atoms. The maximum atomic E-state index is 5.30. The predicted octanol–water partition coefficient (Wildman–Crippen LogP) is 2.57. The van der Waals surface area contributed by atoms with E-state index in [1.165, 1.54) is 0 Å². The largest absolute Gasteiger partial charge is 0.469 e. The molecule has 18 heavy (non-hydrogen) atoms. The van der Waals surface area contributed by atoms with Gasteiger partial charge in [0.2, 0.25) is 0 Å². The third kappa shape index (κ3) is 6.33. The SMILES string of the molecule is CCCN=C(NCCc1ccco1)NC(C)(C)C. The second-order valence-electron chi connectivity index (χ2n) is 5.36. The normalized spacial score (nSPS) is 12.6. The van der Waals surface area contributed by atoms with Crippen LogP contribution in [0.2, 0.25) is 0 Å². The summed E-state index contributed by atoms with van der Waals surface area (Å²) in [6, 6.07) is 3.90. The minimum atomic E-state index is 0.0181. The maximum absolute atomic E-state index is 5.30. The lowest BCUT2D eigenvalue weighted by Gasteiger charge is -2.24. The first-order chi connectivity index (χ1) is 8.51.